The Labute approximate surface area is 92.2 Å². The van der Waals surface area contributed by atoms with E-state index in [1.54, 1.807) is 24.3 Å². The van der Waals surface area contributed by atoms with Crippen molar-refractivity contribution in [3.05, 3.63) is 29.2 Å². The van der Waals surface area contributed by atoms with Gasteiger partial charge in [-0.25, -0.2) is 0 Å². The minimum atomic E-state index is -0.400. The number of nitriles is 2. The maximum absolute atomic E-state index is 10.5. The van der Waals surface area contributed by atoms with Gasteiger partial charge in [-0.3, -0.25) is 4.79 Å². The standard InChI is InChI=1S/C11H8N2O3/c1-8(14)15-7-11-3-2-10(16-11)4-9(5-12)6-13/h2-4H,7H2,1H3. The summed E-state index contributed by atoms with van der Waals surface area (Å²) in [6.45, 7) is 1.34. The second kappa shape index (κ2) is 5.38. The minimum Gasteiger partial charge on any atom is -0.458 e. The molecule has 0 fully saturated rings. The Balaban J connectivity index is 2.73. The summed E-state index contributed by atoms with van der Waals surface area (Å²) in [5.41, 5.74) is -0.0478. The summed E-state index contributed by atoms with van der Waals surface area (Å²) in [5, 5.41) is 17.0. The zero-order valence-corrected chi connectivity index (χ0v) is 8.56. The number of ether oxygens (including phenoxy) is 1. The van der Waals surface area contributed by atoms with Crippen LogP contribution in [0, 0.1) is 22.7 Å². The van der Waals surface area contributed by atoms with E-state index in [0.29, 0.717) is 11.5 Å². The van der Waals surface area contributed by atoms with E-state index in [4.69, 9.17) is 19.7 Å². The molecule has 0 N–H and O–H groups in total. The van der Waals surface area contributed by atoms with Crippen LogP contribution in [-0.2, 0) is 16.1 Å². The molecule has 1 rings (SSSR count). The monoisotopic (exact) mass is 216 g/mol. The van der Waals surface area contributed by atoms with Crippen molar-refractivity contribution in [2.75, 3.05) is 0 Å². The Morgan fingerprint density at radius 3 is 2.75 bits per heavy atom. The second-order valence-corrected chi connectivity index (χ2v) is 2.87. The number of carbonyl (C=O) groups excluding carboxylic acids is 1. The summed E-state index contributed by atoms with van der Waals surface area (Å²) in [6.07, 6.45) is 1.32. The first-order valence-corrected chi connectivity index (χ1v) is 4.39. The van der Waals surface area contributed by atoms with Crippen LogP contribution in [0.2, 0.25) is 0 Å². The Hall–Kier alpha value is -2.53. The van der Waals surface area contributed by atoms with Crippen LogP contribution in [0.1, 0.15) is 18.4 Å². The number of furan rings is 1. The van der Waals surface area contributed by atoms with Gasteiger partial charge in [0.2, 0.25) is 0 Å². The molecule has 80 valence electrons. The lowest BCUT2D eigenvalue weighted by molar-refractivity contribution is -0.142. The van der Waals surface area contributed by atoms with Crippen molar-refractivity contribution in [1.82, 2.24) is 0 Å². The van der Waals surface area contributed by atoms with Gasteiger partial charge in [-0.15, -0.1) is 0 Å². The molecule has 0 aliphatic rings. The quantitative estimate of drug-likeness (QED) is 0.567. The number of hydrogen-bond donors (Lipinski definition) is 0. The molecule has 0 aromatic carbocycles. The van der Waals surface area contributed by atoms with Crippen molar-refractivity contribution < 1.29 is 13.9 Å². The summed E-state index contributed by atoms with van der Waals surface area (Å²) >= 11 is 0. The molecule has 0 spiro atoms. The van der Waals surface area contributed by atoms with Crippen LogP contribution >= 0.6 is 0 Å². The molecule has 5 nitrogen and oxygen atoms in total. The van der Waals surface area contributed by atoms with E-state index in [1.165, 1.54) is 13.0 Å². The van der Waals surface area contributed by atoms with E-state index in [0.717, 1.165) is 0 Å². The first-order valence-electron chi connectivity index (χ1n) is 4.39. The SMILES string of the molecule is CC(=O)OCc1ccc(C=C(C#N)C#N)o1. The summed E-state index contributed by atoms with van der Waals surface area (Å²) in [7, 11) is 0. The third-order valence-electron chi connectivity index (χ3n) is 1.63. The van der Waals surface area contributed by atoms with Gasteiger partial charge in [0.15, 0.2) is 0 Å². The van der Waals surface area contributed by atoms with Crippen LogP contribution in [0.15, 0.2) is 22.1 Å². The highest BCUT2D eigenvalue weighted by atomic mass is 16.5. The third-order valence-corrected chi connectivity index (χ3v) is 1.63. The fraction of sp³-hybridized carbons (Fsp3) is 0.182. The number of esters is 1. The molecule has 0 radical (unpaired) electrons. The molecule has 0 bridgehead atoms. The van der Waals surface area contributed by atoms with Crippen molar-refractivity contribution in [3.8, 4) is 12.1 Å². The van der Waals surface area contributed by atoms with Crippen molar-refractivity contribution in [3.63, 3.8) is 0 Å². The van der Waals surface area contributed by atoms with Gasteiger partial charge in [0.05, 0.1) is 0 Å². The summed E-state index contributed by atoms with van der Waals surface area (Å²) in [4.78, 5) is 10.5. The predicted molar refractivity (Wildman–Crippen MR) is 53.4 cm³/mol. The Bertz CT molecular complexity index is 484. The van der Waals surface area contributed by atoms with Crippen molar-refractivity contribution >= 4 is 12.0 Å². The lowest BCUT2D eigenvalue weighted by atomic mass is 10.3. The van der Waals surface area contributed by atoms with E-state index in [9.17, 15) is 4.79 Å². The molecular weight excluding hydrogens is 208 g/mol. The number of rotatable bonds is 3. The molecule has 0 saturated heterocycles. The van der Waals surface area contributed by atoms with E-state index in [2.05, 4.69) is 0 Å². The molecule has 0 aliphatic carbocycles. The van der Waals surface area contributed by atoms with Crippen LogP contribution in [0.25, 0.3) is 6.08 Å². The molecule has 1 aromatic heterocycles. The highest BCUT2D eigenvalue weighted by molar-refractivity contribution is 5.65. The average Bonchev–Trinajstić information content (AvgIpc) is 2.70. The van der Waals surface area contributed by atoms with Crippen LogP contribution in [0.4, 0.5) is 0 Å². The predicted octanol–water partition coefficient (Wildman–Crippen LogP) is 1.77. The largest absolute Gasteiger partial charge is 0.458 e. The van der Waals surface area contributed by atoms with E-state index in [1.807, 2.05) is 0 Å². The van der Waals surface area contributed by atoms with Gasteiger partial charge in [0.1, 0.15) is 35.8 Å². The molecule has 0 amide bonds. The Morgan fingerprint density at radius 1 is 1.50 bits per heavy atom. The molecule has 0 atom stereocenters. The van der Waals surface area contributed by atoms with Gasteiger partial charge >= 0.3 is 5.97 Å². The minimum absolute atomic E-state index is 0.0393. The van der Waals surface area contributed by atoms with Crippen LogP contribution in [0.3, 0.4) is 0 Å². The topological polar surface area (TPSA) is 87.0 Å². The summed E-state index contributed by atoms with van der Waals surface area (Å²) < 4.78 is 9.93. The Morgan fingerprint density at radius 2 is 2.19 bits per heavy atom. The maximum atomic E-state index is 10.5. The lowest BCUT2D eigenvalue weighted by Gasteiger charge is -1.96. The van der Waals surface area contributed by atoms with Gasteiger partial charge in [0, 0.05) is 13.0 Å². The normalized spacial score (nSPS) is 8.69. The fourth-order valence-electron chi connectivity index (χ4n) is 0.954. The molecule has 16 heavy (non-hydrogen) atoms. The van der Waals surface area contributed by atoms with Gasteiger partial charge in [-0.05, 0) is 12.1 Å². The highest BCUT2D eigenvalue weighted by Crippen LogP contribution is 2.12. The Kier molecular flexibility index (Phi) is 3.88. The van der Waals surface area contributed by atoms with E-state index in [-0.39, 0.29) is 12.2 Å². The molecule has 0 aliphatic heterocycles. The second-order valence-electron chi connectivity index (χ2n) is 2.87. The molecule has 1 heterocycles. The number of carbonyl (C=O) groups is 1. The smallest absolute Gasteiger partial charge is 0.303 e. The summed E-state index contributed by atoms with van der Waals surface area (Å²) in [6, 6.07) is 6.63. The van der Waals surface area contributed by atoms with Crippen molar-refractivity contribution in [2.45, 2.75) is 13.5 Å². The highest BCUT2D eigenvalue weighted by Gasteiger charge is 2.03. The number of allylic oxidation sites excluding steroid dienone is 1. The van der Waals surface area contributed by atoms with Crippen LogP contribution in [0.5, 0.6) is 0 Å². The first-order chi connectivity index (χ1) is 7.65. The van der Waals surface area contributed by atoms with Crippen LogP contribution in [-0.4, -0.2) is 5.97 Å². The maximum Gasteiger partial charge on any atom is 0.303 e. The van der Waals surface area contributed by atoms with Gasteiger partial charge in [-0.1, -0.05) is 0 Å². The zero-order valence-electron chi connectivity index (χ0n) is 8.56. The van der Waals surface area contributed by atoms with Gasteiger partial charge in [-0.2, -0.15) is 10.5 Å². The summed E-state index contributed by atoms with van der Waals surface area (Å²) in [5.74, 6) is 0.431. The van der Waals surface area contributed by atoms with E-state index >= 15 is 0 Å². The molecule has 1 aromatic rings. The molecule has 0 saturated carbocycles. The average molecular weight is 216 g/mol. The van der Waals surface area contributed by atoms with Crippen molar-refractivity contribution in [2.24, 2.45) is 0 Å². The molecular formula is C11H8N2O3. The molecule has 0 unspecified atom stereocenters. The van der Waals surface area contributed by atoms with E-state index < -0.39 is 5.97 Å². The van der Waals surface area contributed by atoms with Gasteiger partial charge < -0.3 is 9.15 Å². The van der Waals surface area contributed by atoms with Gasteiger partial charge in [0.25, 0.3) is 0 Å². The first kappa shape index (κ1) is 11.5. The zero-order chi connectivity index (χ0) is 12.0. The third kappa shape index (κ3) is 3.32. The van der Waals surface area contributed by atoms with Crippen LogP contribution < -0.4 is 0 Å². The number of nitrogens with zero attached hydrogens (tertiary/aromatic N) is 2. The lowest BCUT2D eigenvalue weighted by Crippen LogP contribution is -1.97. The molecule has 5 heteroatoms. The number of hydrogen-bond acceptors (Lipinski definition) is 5. The van der Waals surface area contributed by atoms with Crippen molar-refractivity contribution in [1.29, 1.82) is 10.5 Å². The fourth-order valence-corrected chi connectivity index (χ4v) is 0.954.